The van der Waals surface area contributed by atoms with Crippen LogP contribution in [0.4, 0.5) is 0 Å². The quantitative estimate of drug-likeness (QED) is 0.476. The number of hydrogen-bond acceptors (Lipinski definition) is 1. The third-order valence-electron chi connectivity index (χ3n) is 1.14. The SMILES string of the molecule is CC(C)(C)O[Si]c1cc[cH-]c1. The van der Waals surface area contributed by atoms with Gasteiger partial charge in [0.05, 0.1) is 0 Å². The lowest BCUT2D eigenvalue weighted by Crippen LogP contribution is -2.27. The molecule has 1 aromatic rings. The van der Waals surface area contributed by atoms with E-state index in [0.29, 0.717) is 9.76 Å². The maximum Gasteiger partial charge on any atom is 0.178 e. The van der Waals surface area contributed by atoms with E-state index in [1.165, 1.54) is 5.19 Å². The molecule has 0 aromatic heterocycles. The van der Waals surface area contributed by atoms with Crippen molar-refractivity contribution in [2.24, 2.45) is 0 Å². The predicted molar refractivity (Wildman–Crippen MR) is 48.3 cm³/mol. The molecule has 1 nitrogen and oxygen atoms in total. The topological polar surface area (TPSA) is 9.23 Å². The molecule has 1 aromatic carbocycles. The lowest BCUT2D eigenvalue weighted by atomic mass is 10.2. The first kappa shape index (κ1) is 8.62. The summed E-state index contributed by atoms with van der Waals surface area (Å²) in [6.45, 7) is 6.22. The Balaban J connectivity index is 2.35. The van der Waals surface area contributed by atoms with E-state index in [1.54, 1.807) is 0 Å². The van der Waals surface area contributed by atoms with Crippen LogP contribution in [-0.2, 0) is 4.43 Å². The van der Waals surface area contributed by atoms with Crippen LogP contribution in [0.2, 0.25) is 0 Å². The van der Waals surface area contributed by atoms with Gasteiger partial charge in [0.25, 0.3) is 0 Å². The van der Waals surface area contributed by atoms with Crippen LogP contribution in [0, 0.1) is 0 Å². The van der Waals surface area contributed by atoms with Crippen LogP contribution in [0.3, 0.4) is 0 Å². The van der Waals surface area contributed by atoms with Crippen molar-refractivity contribution in [3.63, 3.8) is 0 Å². The summed E-state index contributed by atoms with van der Waals surface area (Å²) in [5.41, 5.74) is -0.0181. The maximum absolute atomic E-state index is 5.60. The Morgan fingerprint density at radius 2 is 2.18 bits per heavy atom. The molecule has 0 heterocycles. The Bertz CT molecular complexity index is 196. The minimum absolute atomic E-state index is 0.0181. The summed E-state index contributed by atoms with van der Waals surface area (Å²) in [5, 5.41) is 1.28. The van der Waals surface area contributed by atoms with E-state index in [9.17, 15) is 0 Å². The maximum atomic E-state index is 5.60. The fourth-order valence-corrected chi connectivity index (χ4v) is 1.41. The fourth-order valence-electron chi connectivity index (χ4n) is 0.654. The van der Waals surface area contributed by atoms with Crippen LogP contribution < -0.4 is 5.19 Å². The Kier molecular flexibility index (Phi) is 2.57. The third-order valence-corrected chi connectivity index (χ3v) is 2.42. The molecule has 0 unspecified atom stereocenters. The average molecular weight is 165 g/mol. The van der Waals surface area contributed by atoms with E-state index in [0.717, 1.165) is 0 Å². The zero-order valence-corrected chi connectivity index (χ0v) is 8.22. The van der Waals surface area contributed by atoms with Gasteiger partial charge < -0.3 is 4.43 Å². The van der Waals surface area contributed by atoms with E-state index in [-0.39, 0.29) is 5.60 Å². The van der Waals surface area contributed by atoms with Crippen LogP contribution in [0.15, 0.2) is 24.3 Å². The van der Waals surface area contributed by atoms with Gasteiger partial charge in [-0.25, -0.2) is 6.07 Å². The monoisotopic (exact) mass is 165 g/mol. The molecule has 0 saturated heterocycles. The molecular weight excluding hydrogens is 152 g/mol. The first-order chi connectivity index (χ1) is 5.08. The smallest absolute Gasteiger partial charge is 0.178 e. The van der Waals surface area contributed by atoms with Crippen LogP contribution in [0.25, 0.3) is 0 Å². The van der Waals surface area contributed by atoms with Crippen LogP contribution in [0.5, 0.6) is 0 Å². The molecule has 2 radical (unpaired) electrons. The molecule has 2 heteroatoms. The van der Waals surface area contributed by atoms with Crippen molar-refractivity contribution in [1.82, 2.24) is 0 Å². The molecule has 0 bridgehead atoms. The molecule has 0 saturated carbocycles. The summed E-state index contributed by atoms with van der Waals surface area (Å²) >= 11 is 0. The molecule has 11 heavy (non-hydrogen) atoms. The second kappa shape index (κ2) is 3.28. The molecule has 0 amide bonds. The molecule has 0 atom stereocenters. The zero-order valence-electron chi connectivity index (χ0n) is 7.22. The fraction of sp³-hybridized carbons (Fsp3) is 0.444. The Labute approximate surface area is 70.7 Å². The van der Waals surface area contributed by atoms with Crippen molar-refractivity contribution in [1.29, 1.82) is 0 Å². The largest absolute Gasteiger partial charge is 0.423 e. The van der Waals surface area contributed by atoms with Gasteiger partial charge in [0.1, 0.15) is 0 Å². The summed E-state index contributed by atoms with van der Waals surface area (Å²) in [7, 11) is 0.480. The second-order valence-corrected chi connectivity index (χ2v) is 4.48. The number of hydrogen-bond donors (Lipinski definition) is 0. The van der Waals surface area contributed by atoms with Gasteiger partial charge in [0, 0.05) is 5.60 Å². The molecule has 0 aliphatic rings. The highest BCUT2D eigenvalue weighted by atomic mass is 28.2. The summed E-state index contributed by atoms with van der Waals surface area (Å²) in [5.74, 6) is 0. The third kappa shape index (κ3) is 3.44. The van der Waals surface area contributed by atoms with Crippen molar-refractivity contribution in [2.45, 2.75) is 26.4 Å². The van der Waals surface area contributed by atoms with Gasteiger partial charge in [-0.05, 0) is 20.8 Å². The van der Waals surface area contributed by atoms with E-state index < -0.39 is 0 Å². The summed E-state index contributed by atoms with van der Waals surface area (Å²) < 4.78 is 5.60. The minimum Gasteiger partial charge on any atom is -0.423 e. The van der Waals surface area contributed by atoms with Crippen molar-refractivity contribution >= 4 is 14.9 Å². The Hall–Kier alpha value is -0.473. The first-order valence-corrected chi connectivity index (χ1v) is 4.64. The molecule has 0 aliphatic carbocycles. The van der Waals surface area contributed by atoms with Gasteiger partial charge in [0.2, 0.25) is 0 Å². The minimum atomic E-state index is -0.0181. The highest BCUT2D eigenvalue weighted by Gasteiger charge is 2.07. The van der Waals surface area contributed by atoms with Crippen molar-refractivity contribution < 1.29 is 4.43 Å². The first-order valence-electron chi connectivity index (χ1n) is 3.74. The molecule has 0 N–H and O–H groups in total. The van der Waals surface area contributed by atoms with Gasteiger partial charge >= 0.3 is 0 Å². The molecule has 0 aliphatic heterocycles. The highest BCUT2D eigenvalue weighted by molar-refractivity contribution is 6.47. The molecule has 0 fully saturated rings. The van der Waals surface area contributed by atoms with Gasteiger partial charge in [-0.1, -0.05) is 0 Å². The lowest BCUT2D eigenvalue weighted by molar-refractivity contribution is 0.142. The summed E-state index contributed by atoms with van der Waals surface area (Å²) in [6, 6.07) is 8.25. The van der Waals surface area contributed by atoms with Gasteiger partial charge in [0.15, 0.2) is 9.76 Å². The van der Waals surface area contributed by atoms with Gasteiger partial charge in [-0.15, -0.1) is 0 Å². The van der Waals surface area contributed by atoms with E-state index in [1.807, 2.05) is 12.1 Å². The summed E-state index contributed by atoms with van der Waals surface area (Å²) in [6.07, 6.45) is 0. The highest BCUT2D eigenvalue weighted by Crippen LogP contribution is 2.04. The molecule has 1 rings (SSSR count). The molecular formula is C9H13OSi-. The Morgan fingerprint density at radius 3 is 2.64 bits per heavy atom. The lowest BCUT2D eigenvalue weighted by Gasteiger charge is -2.20. The van der Waals surface area contributed by atoms with Crippen molar-refractivity contribution in [3.05, 3.63) is 24.3 Å². The summed E-state index contributed by atoms with van der Waals surface area (Å²) in [4.78, 5) is 0. The van der Waals surface area contributed by atoms with E-state index in [2.05, 4.69) is 32.9 Å². The standard InChI is InChI=1S/C9H13OSi/c1-9(2,3)10-11-8-6-4-5-7-8/h4-7H,1-3H3/q-1. The van der Waals surface area contributed by atoms with E-state index in [4.69, 9.17) is 4.43 Å². The predicted octanol–water partition coefficient (Wildman–Crippen LogP) is 1.47. The second-order valence-electron chi connectivity index (χ2n) is 3.49. The zero-order chi connectivity index (χ0) is 8.32. The van der Waals surface area contributed by atoms with Crippen LogP contribution in [-0.4, -0.2) is 15.4 Å². The van der Waals surface area contributed by atoms with Crippen LogP contribution >= 0.6 is 0 Å². The number of rotatable bonds is 2. The van der Waals surface area contributed by atoms with Crippen molar-refractivity contribution in [3.8, 4) is 0 Å². The van der Waals surface area contributed by atoms with Gasteiger partial charge in [-0.3, -0.25) is 0 Å². The van der Waals surface area contributed by atoms with Gasteiger partial charge in [-0.2, -0.15) is 23.4 Å². The van der Waals surface area contributed by atoms with Crippen LogP contribution in [0.1, 0.15) is 20.8 Å². The van der Waals surface area contributed by atoms with Crippen molar-refractivity contribution in [2.75, 3.05) is 0 Å². The normalized spacial score (nSPS) is 11.9. The Morgan fingerprint density at radius 1 is 1.45 bits per heavy atom. The van der Waals surface area contributed by atoms with E-state index >= 15 is 0 Å². The molecule has 0 spiro atoms. The molecule has 60 valence electrons. The average Bonchev–Trinajstić information content (AvgIpc) is 2.32.